The van der Waals surface area contributed by atoms with E-state index in [0.29, 0.717) is 12.1 Å². The molecular formula is C16H30N2S. The summed E-state index contributed by atoms with van der Waals surface area (Å²) >= 11 is 2.15. The van der Waals surface area contributed by atoms with Crippen molar-refractivity contribution in [3.8, 4) is 0 Å². The van der Waals surface area contributed by atoms with E-state index in [1.165, 1.54) is 44.1 Å². The molecule has 0 aromatic heterocycles. The van der Waals surface area contributed by atoms with Crippen LogP contribution >= 0.6 is 11.8 Å². The zero-order chi connectivity index (χ0) is 13.8. The summed E-state index contributed by atoms with van der Waals surface area (Å²) in [6, 6.07) is 1.37. The van der Waals surface area contributed by atoms with Crippen molar-refractivity contribution >= 4 is 11.8 Å². The third-order valence-corrected chi connectivity index (χ3v) is 5.60. The van der Waals surface area contributed by atoms with Gasteiger partial charge in [0.15, 0.2) is 0 Å². The molecule has 0 aromatic rings. The van der Waals surface area contributed by atoms with Crippen LogP contribution in [0.3, 0.4) is 0 Å². The van der Waals surface area contributed by atoms with Crippen LogP contribution < -0.4 is 0 Å². The second kappa shape index (κ2) is 7.14. The molecule has 0 aromatic carbocycles. The van der Waals surface area contributed by atoms with E-state index in [9.17, 15) is 0 Å². The van der Waals surface area contributed by atoms with Crippen molar-refractivity contribution in [1.29, 1.82) is 0 Å². The largest absolute Gasteiger partial charge is 0.299 e. The van der Waals surface area contributed by atoms with Crippen LogP contribution in [-0.4, -0.2) is 59.6 Å². The molecule has 0 N–H and O–H groups in total. The summed E-state index contributed by atoms with van der Waals surface area (Å²) in [5.41, 5.74) is 1.71. The quantitative estimate of drug-likeness (QED) is 0.735. The van der Waals surface area contributed by atoms with Crippen LogP contribution in [0.25, 0.3) is 0 Å². The van der Waals surface area contributed by atoms with Crippen molar-refractivity contribution in [3.63, 3.8) is 0 Å². The Morgan fingerprint density at radius 1 is 1.11 bits per heavy atom. The first kappa shape index (κ1) is 15.4. The molecular weight excluding hydrogens is 252 g/mol. The molecule has 2 aliphatic rings. The van der Waals surface area contributed by atoms with Gasteiger partial charge in [-0.15, -0.1) is 0 Å². The molecule has 0 aliphatic carbocycles. The van der Waals surface area contributed by atoms with Crippen molar-refractivity contribution in [2.75, 3.05) is 37.7 Å². The highest BCUT2D eigenvalue weighted by Crippen LogP contribution is 2.27. The monoisotopic (exact) mass is 282 g/mol. The Balaban J connectivity index is 2.01. The smallest absolute Gasteiger partial charge is 0.0199 e. The molecule has 2 rings (SSSR count). The minimum absolute atomic E-state index is 0.684. The highest BCUT2D eigenvalue weighted by Gasteiger charge is 2.26. The summed E-state index contributed by atoms with van der Waals surface area (Å²) < 4.78 is 0. The molecule has 2 heterocycles. The van der Waals surface area contributed by atoms with Gasteiger partial charge in [-0.05, 0) is 34.1 Å². The lowest BCUT2D eigenvalue weighted by Crippen LogP contribution is -2.41. The van der Waals surface area contributed by atoms with Crippen LogP contribution in [0.15, 0.2) is 11.6 Å². The van der Waals surface area contributed by atoms with Gasteiger partial charge < -0.3 is 0 Å². The van der Waals surface area contributed by atoms with Crippen LogP contribution in [-0.2, 0) is 0 Å². The van der Waals surface area contributed by atoms with Gasteiger partial charge in [-0.1, -0.05) is 11.6 Å². The van der Waals surface area contributed by atoms with Gasteiger partial charge in [0.25, 0.3) is 0 Å². The fourth-order valence-electron chi connectivity index (χ4n) is 3.06. The Kier molecular flexibility index (Phi) is 5.79. The van der Waals surface area contributed by atoms with Crippen molar-refractivity contribution in [3.05, 3.63) is 11.6 Å². The third-order valence-electron chi connectivity index (χ3n) is 4.49. The number of nitrogens with zero attached hydrogens (tertiary/aromatic N) is 2. The Hall–Kier alpha value is 0.01000. The topological polar surface area (TPSA) is 6.48 Å². The molecule has 2 nitrogen and oxygen atoms in total. The van der Waals surface area contributed by atoms with E-state index in [2.05, 4.69) is 55.3 Å². The van der Waals surface area contributed by atoms with E-state index in [1.807, 2.05) is 0 Å². The van der Waals surface area contributed by atoms with Crippen LogP contribution in [0, 0.1) is 5.92 Å². The molecule has 0 saturated carbocycles. The molecule has 3 heteroatoms. The van der Waals surface area contributed by atoms with Gasteiger partial charge in [0, 0.05) is 55.7 Å². The fourth-order valence-corrected chi connectivity index (χ4v) is 4.19. The molecule has 0 bridgehead atoms. The zero-order valence-electron chi connectivity index (χ0n) is 13.1. The summed E-state index contributed by atoms with van der Waals surface area (Å²) in [5.74, 6) is 3.40. The summed E-state index contributed by atoms with van der Waals surface area (Å²) in [6.45, 7) is 14.3. The van der Waals surface area contributed by atoms with E-state index < -0.39 is 0 Å². The molecule has 2 aliphatic heterocycles. The van der Waals surface area contributed by atoms with Gasteiger partial charge in [-0.25, -0.2) is 0 Å². The predicted molar refractivity (Wildman–Crippen MR) is 86.9 cm³/mol. The molecule has 19 heavy (non-hydrogen) atoms. The molecule has 1 atom stereocenters. The summed E-state index contributed by atoms with van der Waals surface area (Å²) in [4.78, 5) is 5.30. The first-order valence-corrected chi connectivity index (χ1v) is 8.98. The van der Waals surface area contributed by atoms with Crippen molar-refractivity contribution in [2.24, 2.45) is 5.92 Å². The first-order valence-electron chi connectivity index (χ1n) is 7.82. The zero-order valence-corrected chi connectivity index (χ0v) is 13.9. The number of hydrogen-bond donors (Lipinski definition) is 0. The van der Waals surface area contributed by atoms with E-state index >= 15 is 0 Å². The number of thioether (sulfide) groups is 1. The van der Waals surface area contributed by atoms with Crippen LogP contribution in [0.1, 0.15) is 34.1 Å². The van der Waals surface area contributed by atoms with Crippen LogP contribution in [0.5, 0.6) is 0 Å². The molecule has 110 valence electrons. The number of rotatable bonds is 3. The maximum absolute atomic E-state index is 2.67. The van der Waals surface area contributed by atoms with Gasteiger partial charge in [0.05, 0.1) is 0 Å². The van der Waals surface area contributed by atoms with Gasteiger partial charge in [0.1, 0.15) is 0 Å². The van der Waals surface area contributed by atoms with Gasteiger partial charge in [-0.3, -0.25) is 9.80 Å². The lowest BCUT2D eigenvalue weighted by Gasteiger charge is -2.35. The molecule has 0 radical (unpaired) electrons. The molecule has 1 saturated heterocycles. The minimum atomic E-state index is 0.684. The normalized spacial score (nSPS) is 27.7. The Morgan fingerprint density at radius 2 is 1.84 bits per heavy atom. The first-order chi connectivity index (χ1) is 9.08. The summed E-state index contributed by atoms with van der Waals surface area (Å²) in [5, 5.41) is 0. The second-order valence-electron chi connectivity index (χ2n) is 6.49. The highest BCUT2D eigenvalue weighted by molar-refractivity contribution is 7.99. The van der Waals surface area contributed by atoms with Crippen molar-refractivity contribution in [2.45, 2.75) is 46.2 Å². The van der Waals surface area contributed by atoms with Crippen molar-refractivity contribution < 1.29 is 0 Å². The SMILES string of the molecule is CC(C)N1CCC=C(C2CSCCN(C(C)C)C2)C1. The van der Waals surface area contributed by atoms with Crippen LogP contribution in [0.2, 0.25) is 0 Å². The van der Waals surface area contributed by atoms with Gasteiger partial charge in [-0.2, -0.15) is 11.8 Å². The van der Waals surface area contributed by atoms with Gasteiger partial charge in [0.2, 0.25) is 0 Å². The Bertz CT molecular complexity index is 312. The minimum Gasteiger partial charge on any atom is -0.299 e. The standard InChI is InChI=1S/C16H30N2S/c1-13(2)17-7-5-6-15(10-17)16-11-18(14(3)4)8-9-19-12-16/h6,13-14,16H,5,7-12H2,1-4H3. The maximum Gasteiger partial charge on any atom is 0.0199 e. The van der Waals surface area contributed by atoms with Crippen LogP contribution in [0.4, 0.5) is 0 Å². The fraction of sp³-hybridized carbons (Fsp3) is 0.875. The lowest BCUT2D eigenvalue weighted by atomic mass is 9.95. The van der Waals surface area contributed by atoms with Crippen molar-refractivity contribution in [1.82, 2.24) is 9.80 Å². The lowest BCUT2D eigenvalue weighted by molar-refractivity contribution is 0.198. The average molecular weight is 282 g/mol. The molecule has 0 amide bonds. The predicted octanol–water partition coefficient (Wildman–Crippen LogP) is 3.10. The van der Waals surface area contributed by atoms with E-state index in [0.717, 1.165) is 5.92 Å². The molecule has 1 unspecified atom stereocenters. The van der Waals surface area contributed by atoms with E-state index in [-0.39, 0.29) is 0 Å². The number of hydrogen-bond acceptors (Lipinski definition) is 3. The average Bonchev–Trinajstić information content (AvgIpc) is 2.64. The Morgan fingerprint density at radius 3 is 2.53 bits per heavy atom. The van der Waals surface area contributed by atoms with Gasteiger partial charge >= 0.3 is 0 Å². The summed E-state index contributed by atoms with van der Waals surface area (Å²) in [7, 11) is 0. The highest BCUT2D eigenvalue weighted by atomic mass is 32.2. The van der Waals surface area contributed by atoms with E-state index in [4.69, 9.17) is 0 Å². The molecule has 1 fully saturated rings. The maximum atomic E-state index is 2.67. The third kappa shape index (κ3) is 4.24. The summed E-state index contributed by atoms with van der Waals surface area (Å²) in [6.07, 6.45) is 3.78. The Labute approximate surface area is 123 Å². The van der Waals surface area contributed by atoms with E-state index in [1.54, 1.807) is 5.57 Å². The second-order valence-corrected chi connectivity index (χ2v) is 7.64. The molecule has 0 spiro atoms.